The molecular formula is C36H56Cl2P2. The molecule has 0 spiro atoms. The van der Waals surface area contributed by atoms with Crippen molar-refractivity contribution in [1.29, 1.82) is 0 Å². The van der Waals surface area contributed by atoms with E-state index in [-0.39, 0.29) is 84.3 Å². The van der Waals surface area contributed by atoms with Crippen molar-refractivity contribution in [2.24, 2.45) is 21.7 Å². The normalized spacial score (nSPS) is 22.3. The summed E-state index contributed by atoms with van der Waals surface area (Å²) in [7, 11) is 0.431. The summed E-state index contributed by atoms with van der Waals surface area (Å²) in [5.74, 6) is 0. The van der Waals surface area contributed by atoms with Crippen molar-refractivity contribution < 1.29 is 24.8 Å². The van der Waals surface area contributed by atoms with Crippen LogP contribution < -0.4 is 24.8 Å². The first-order valence-corrected chi connectivity index (χ1v) is 16.8. The van der Waals surface area contributed by atoms with Gasteiger partial charge in [-0.05, 0) is 48.6 Å². The molecule has 0 aliphatic heterocycles. The Morgan fingerprint density at radius 1 is 0.300 bits per heavy atom. The standard InChI is InChI=1S/2C18H27P.2ClH/c2*1-15(2,3)17(11-7-8-12-17)19-18(16(4,5)6)13-9-10-14-18;;/h2*7-14,19H,1-6H3;2*1H. The predicted octanol–water partition coefficient (Wildman–Crippen LogP) is 4.45. The van der Waals surface area contributed by atoms with Gasteiger partial charge in [0.1, 0.15) is 20.6 Å². The van der Waals surface area contributed by atoms with Crippen LogP contribution in [0.15, 0.2) is 97.2 Å². The highest BCUT2D eigenvalue weighted by Gasteiger charge is 2.56. The number of halogens is 2. The Morgan fingerprint density at radius 2 is 0.425 bits per heavy atom. The lowest BCUT2D eigenvalue weighted by molar-refractivity contribution is -0.00100. The lowest BCUT2D eigenvalue weighted by Gasteiger charge is -2.43. The first-order chi connectivity index (χ1) is 17.2. The molecule has 224 valence electrons. The van der Waals surface area contributed by atoms with Crippen molar-refractivity contribution in [3.05, 3.63) is 97.2 Å². The van der Waals surface area contributed by atoms with Crippen LogP contribution in [-0.2, 0) is 0 Å². The van der Waals surface area contributed by atoms with E-state index in [1.807, 2.05) is 0 Å². The Morgan fingerprint density at radius 3 is 0.525 bits per heavy atom. The van der Waals surface area contributed by atoms with Gasteiger partial charge in [-0.15, -0.1) is 0 Å². The molecule has 0 aromatic heterocycles. The maximum Gasteiger partial charge on any atom is 0.118 e. The molecule has 0 bridgehead atoms. The molecule has 0 heterocycles. The summed E-state index contributed by atoms with van der Waals surface area (Å²) in [6, 6.07) is 0. The van der Waals surface area contributed by atoms with E-state index in [1.54, 1.807) is 0 Å². The molecule has 0 aromatic rings. The van der Waals surface area contributed by atoms with Gasteiger partial charge in [-0.3, -0.25) is 0 Å². The van der Waals surface area contributed by atoms with E-state index in [9.17, 15) is 0 Å². The third kappa shape index (κ3) is 7.11. The molecule has 0 atom stereocenters. The molecule has 0 amide bonds. The highest BCUT2D eigenvalue weighted by atomic mass is 35.5. The predicted molar refractivity (Wildman–Crippen MR) is 181 cm³/mol. The molecule has 0 saturated heterocycles. The molecule has 40 heavy (non-hydrogen) atoms. The van der Waals surface area contributed by atoms with Gasteiger partial charge in [0.2, 0.25) is 0 Å². The molecule has 0 unspecified atom stereocenters. The lowest BCUT2D eigenvalue weighted by Crippen LogP contribution is -3.00. The largest absolute Gasteiger partial charge is 1.00 e. The Kier molecular flexibility index (Phi) is 11.7. The summed E-state index contributed by atoms with van der Waals surface area (Å²) < 4.78 is 0. The van der Waals surface area contributed by atoms with Crippen LogP contribution in [0.3, 0.4) is 0 Å². The highest BCUT2D eigenvalue weighted by Crippen LogP contribution is 2.63. The van der Waals surface area contributed by atoms with E-state index in [1.165, 1.54) is 0 Å². The summed E-state index contributed by atoms with van der Waals surface area (Å²) in [6.07, 6.45) is 37.4. The molecule has 4 aliphatic rings. The van der Waals surface area contributed by atoms with Crippen LogP contribution in [0.1, 0.15) is 83.1 Å². The van der Waals surface area contributed by atoms with Crippen LogP contribution in [0, 0.1) is 21.7 Å². The quantitative estimate of drug-likeness (QED) is 0.408. The molecule has 0 aromatic carbocycles. The van der Waals surface area contributed by atoms with Gasteiger partial charge in [-0.1, -0.05) is 132 Å². The number of hydrogen-bond acceptors (Lipinski definition) is 0. The molecular weight excluding hydrogens is 565 g/mol. The zero-order valence-electron chi connectivity index (χ0n) is 27.1. The fourth-order valence-electron chi connectivity index (χ4n) is 5.98. The Bertz CT molecular complexity index is 887. The van der Waals surface area contributed by atoms with E-state index in [0.717, 1.165) is 0 Å². The van der Waals surface area contributed by atoms with Crippen LogP contribution in [0.2, 0.25) is 0 Å². The van der Waals surface area contributed by atoms with Crippen molar-refractivity contribution in [2.45, 2.75) is 104 Å². The second kappa shape index (κ2) is 12.5. The third-order valence-corrected chi connectivity index (χ3v) is 16.5. The second-order valence-electron chi connectivity index (χ2n) is 15.9. The Hall–Kier alpha value is -0.640. The molecule has 0 radical (unpaired) electrons. The van der Waals surface area contributed by atoms with Gasteiger partial charge in [0, 0.05) is 38.8 Å². The molecule has 4 rings (SSSR count). The Balaban J connectivity index is 0.000000381. The van der Waals surface area contributed by atoms with Crippen molar-refractivity contribution in [1.82, 2.24) is 0 Å². The van der Waals surface area contributed by atoms with Crippen LogP contribution in [0.5, 0.6) is 0 Å². The number of hydrogen-bond donors (Lipinski definition) is 0. The SMILES string of the molecule is CC(C)(C)C1([PH2+]C2(C(C)(C)C)C=CC=C2)C=CC=C1.CC(C)(C)C1([PH2+]C2(C(C)(C)C)C=CC=C2)C=CC=C1.[Cl-].[Cl-]. The summed E-state index contributed by atoms with van der Waals surface area (Å²) in [6.45, 7) is 28.5. The summed E-state index contributed by atoms with van der Waals surface area (Å²) >= 11 is 0. The van der Waals surface area contributed by atoms with Crippen LogP contribution >= 0.6 is 17.2 Å². The molecule has 0 fully saturated rings. The third-order valence-electron chi connectivity index (χ3n) is 9.57. The molecule has 0 nitrogen and oxygen atoms in total. The van der Waals surface area contributed by atoms with Crippen molar-refractivity contribution in [3.63, 3.8) is 0 Å². The average molecular weight is 622 g/mol. The second-order valence-corrected chi connectivity index (χ2v) is 20.3. The van der Waals surface area contributed by atoms with Gasteiger partial charge < -0.3 is 24.8 Å². The summed E-state index contributed by atoms with van der Waals surface area (Å²) in [4.78, 5) is 0. The maximum absolute atomic E-state index is 2.44. The van der Waals surface area contributed by atoms with Crippen LogP contribution in [0.4, 0.5) is 0 Å². The van der Waals surface area contributed by atoms with E-state index in [2.05, 4.69) is 180 Å². The van der Waals surface area contributed by atoms with Gasteiger partial charge in [0.25, 0.3) is 0 Å². The zero-order chi connectivity index (χ0) is 28.7. The number of rotatable bonds is 4. The number of allylic oxidation sites excluding steroid dienone is 16. The van der Waals surface area contributed by atoms with E-state index < -0.39 is 0 Å². The fraction of sp³-hybridized carbons (Fsp3) is 0.556. The van der Waals surface area contributed by atoms with Gasteiger partial charge in [0.05, 0.1) is 0 Å². The molecule has 0 saturated carbocycles. The van der Waals surface area contributed by atoms with Gasteiger partial charge in [0.15, 0.2) is 0 Å². The van der Waals surface area contributed by atoms with Crippen LogP contribution in [0.25, 0.3) is 0 Å². The Labute approximate surface area is 263 Å². The zero-order valence-corrected chi connectivity index (χ0v) is 31.0. The first-order valence-electron chi connectivity index (χ1n) is 14.5. The van der Waals surface area contributed by atoms with Crippen molar-refractivity contribution in [2.75, 3.05) is 0 Å². The monoisotopic (exact) mass is 620 g/mol. The lowest BCUT2D eigenvalue weighted by atomic mass is 9.79. The average Bonchev–Trinajstić information content (AvgIpc) is 3.55. The summed E-state index contributed by atoms with van der Waals surface area (Å²) in [5, 5.41) is 0.942. The van der Waals surface area contributed by atoms with Crippen molar-refractivity contribution >= 4 is 17.2 Å². The summed E-state index contributed by atoms with van der Waals surface area (Å²) in [5.41, 5.74) is 1.09. The topological polar surface area (TPSA) is 0 Å². The van der Waals surface area contributed by atoms with E-state index >= 15 is 0 Å². The van der Waals surface area contributed by atoms with Gasteiger partial charge in [-0.2, -0.15) is 0 Å². The van der Waals surface area contributed by atoms with E-state index in [0.29, 0.717) is 0 Å². The highest BCUT2D eigenvalue weighted by molar-refractivity contribution is 7.43. The minimum atomic E-state index is 0. The molecule has 4 heteroatoms. The smallest absolute Gasteiger partial charge is 0.118 e. The molecule has 4 aliphatic carbocycles. The van der Waals surface area contributed by atoms with Gasteiger partial charge in [-0.25, -0.2) is 0 Å². The van der Waals surface area contributed by atoms with E-state index in [4.69, 9.17) is 0 Å². The van der Waals surface area contributed by atoms with Crippen molar-refractivity contribution in [3.8, 4) is 0 Å². The van der Waals surface area contributed by atoms with Crippen LogP contribution in [-0.4, -0.2) is 20.6 Å². The fourth-order valence-corrected chi connectivity index (χ4v) is 11.0. The minimum absolute atomic E-state index is 0. The maximum atomic E-state index is 2.44. The first kappa shape index (κ1) is 37.4. The van der Waals surface area contributed by atoms with Gasteiger partial charge >= 0.3 is 0 Å². The minimum Gasteiger partial charge on any atom is -1.00 e. The molecule has 0 N–H and O–H groups in total.